The summed E-state index contributed by atoms with van der Waals surface area (Å²) >= 11 is 5.92. The van der Waals surface area contributed by atoms with Crippen LogP contribution < -0.4 is 4.90 Å². The number of aromatic nitrogens is 1. The van der Waals surface area contributed by atoms with E-state index < -0.39 is 21.6 Å². The molecule has 0 spiro atoms. The van der Waals surface area contributed by atoms with Crippen LogP contribution in [0.5, 0.6) is 0 Å². The summed E-state index contributed by atoms with van der Waals surface area (Å²) in [6.07, 6.45) is -2.95. The lowest BCUT2D eigenvalue weighted by Gasteiger charge is -2.36. The van der Waals surface area contributed by atoms with E-state index in [2.05, 4.69) is 0 Å². The Kier molecular flexibility index (Phi) is 6.87. The number of sulfone groups is 1. The highest BCUT2D eigenvalue weighted by atomic mass is 35.5. The highest BCUT2D eigenvalue weighted by Crippen LogP contribution is 2.33. The summed E-state index contributed by atoms with van der Waals surface area (Å²) < 4.78 is 67.7. The van der Waals surface area contributed by atoms with Crippen molar-refractivity contribution in [2.24, 2.45) is 0 Å². The van der Waals surface area contributed by atoms with Crippen molar-refractivity contribution in [3.05, 3.63) is 89.6 Å². The Morgan fingerprint density at radius 2 is 1.58 bits per heavy atom. The van der Waals surface area contributed by atoms with Gasteiger partial charge in [-0.25, -0.2) is 8.42 Å². The number of carbonyl (C=O) groups is 1. The van der Waals surface area contributed by atoms with Crippen molar-refractivity contribution >= 4 is 43.9 Å². The van der Waals surface area contributed by atoms with Gasteiger partial charge >= 0.3 is 6.18 Å². The van der Waals surface area contributed by atoms with Crippen LogP contribution in [0.1, 0.15) is 5.56 Å². The molecule has 1 aliphatic heterocycles. The molecule has 1 aromatic heterocycles. The van der Waals surface area contributed by atoms with E-state index in [-0.39, 0.29) is 22.2 Å². The van der Waals surface area contributed by atoms with E-state index >= 15 is 0 Å². The van der Waals surface area contributed by atoms with Crippen LogP contribution in [-0.2, 0) is 27.4 Å². The van der Waals surface area contributed by atoms with Crippen LogP contribution in [-0.4, -0.2) is 50.0 Å². The Morgan fingerprint density at radius 3 is 2.26 bits per heavy atom. The number of halogens is 4. The predicted molar refractivity (Wildman–Crippen MR) is 139 cm³/mol. The van der Waals surface area contributed by atoms with Crippen molar-refractivity contribution in [3.8, 4) is 0 Å². The first-order valence-corrected chi connectivity index (χ1v) is 13.7. The normalized spacial score (nSPS) is 14.7. The molecule has 0 radical (unpaired) electrons. The SMILES string of the molecule is O=C(Cn1cc(S(=O)(=O)c2ccc(Cl)cc2)c2ccccc21)N1CCN(c2cccc(C(F)(F)F)c2)CC1. The van der Waals surface area contributed by atoms with Gasteiger partial charge in [-0.2, -0.15) is 13.2 Å². The van der Waals surface area contributed by atoms with Crippen LogP contribution in [0.2, 0.25) is 5.02 Å². The van der Waals surface area contributed by atoms with E-state index in [0.29, 0.717) is 47.8 Å². The number of alkyl halides is 3. The number of fused-ring (bicyclic) bond motifs is 1. The Morgan fingerprint density at radius 1 is 0.895 bits per heavy atom. The second-order valence-corrected chi connectivity index (χ2v) is 11.4. The number of amides is 1. The lowest BCUT2D eigenvalue weighted by atomic mass is 10.1. The largest absolute Gasteiger partial charge is 0.416 e. The molecule has 11 heteroatoms. The van der Waals surface area contributed by atoms with Crippen molar-refractivity contribution in [1.82, 2.24) is 9.47 Å². The molecule has 5 rings (SSSR count). The van der Waals surface area contributed by atoms with Crippen LogP contribution in [0, 0.1) is 0 Å². The molecule has 0 bridgehead atoms. The minimum atomic E-state index is -4.42. The maximum absolute atomic E-state index is 13.4. The van der Waals surface area contributed by atoms with Crippen molar-refractivity contribution in [1.29, 1.82) is 0 Å². The Labute approximate surface area is 222 Å². The molecule has 4 aromatic rings. The minimum absolute atomic E-state index is 0.0692. The van der Waals surface area contributed by atoms with Gasteiger partial charge < -0.3 is 14.4 Å². The molecule has 0 aliphatic carbocycles. The zero-order valence-corrected chi connectivity index (χ0v) is 21.6. The third-order valence-corrected chi connectivity index (χ3v) is 8.69. The minimum Gasteiger partial charge on any atom is -0.368 e. The van der Waals surface area contributed by atoms with E-state index in [0.717, 1.165) is 12.1 Å². The molecule has 1 saturated heterocycles. The number of nitrogens with zero attached hydrogens (tertiary/aromatic N) is 3. The van der Waals surface area contributed by atoms with Gasteiger partial charge in [0.25, 0.3) is 0 Å². The number of piperazine rings is 1. The fourth-order valence-electron chi connectivity index (χ4n) is 4.64. The Balaban J connectivity index is 1.33. The van der Waals surface area contributed by atoms with Crippen molar-refractivity contribution in [2.45, 2.75) is 22.5 Å². The molecule has 198 valence electrons. The van der Waals surface area contributed by atoms with Gasteiger partial charge in [-0.15, -0.1) is 0 Å². The van der Waals surface area contributed by atoms with E-state index in [1.165, 1.54) is 36.5 Å². The molecule has 3 aromatic carbocycles. The molecule has 0 saturated carbocycles. The summed E-state index contributed by atoms with van der Waals surface area (Å²) in [5.74, 6) is -0.204. The highest BCUT2D eigenvalue weighted by molar-refractivity contribution is 7.91. The Bertz CT molecular complexity index is 1590. The monoisotopic (exact) mass is 561 g/mol. The zero-order chi connectivity index (χ0) is 27.1. The zero-order valence-electron chi connectivity index (χ0n) is 20.0. The van der Waals surface area contributed by atoms with Crippen molar-refractivity contribution in [3.63, 3.8) is 0 Å². The van der Waals surface area contributed by atoms with E-state index in [1.54, 1.807) is 39.8 Å². The third-order valence-electron chi connectivity index (χ3n) is 6.64. The van der Waals surface area contributed by atoms with Crippen LogP contribution in [0.15, 0.2) is 88.8 Å². The van der Waals surface area contributed by atoms with Gasteiger partial charge in [0, 0.05) is 54.0 Å². The number of benzene rings is 3. The summed E-state index contributed by atoms with van der Waals surface area (Å²) in [7, 11) is -3.87. The van der Waals surface area contributed by atoms with Crippen molar-refractivity contribution in [2.75, 3.05) is 31.1 Å². The molecule has 1 aliphatic rings. The molecule has 1 fully saturated rings. The van der Waals surface area contributed by atoms with Crippen molar-refractivity contribution < 1.29 is 26.4 Å². The summed E-state index contributed by atoms with van der Waals surface area (Å²) in [5, 5.41) is 0.926. The van der Waals surface area contributed by atoms with Crippen LogP contribution in [0.25, 0.3) is 10.9 Å². The van der Waals surface area contributed by atoms with E-state index in [1.807, 2.05) is 4.90 Å². The number of hydrogen-bond acceptors (Lipinski definition) is 4. The molecular formula is C27H23ClF3N3O3S. The molecule has 6 nitrogen and oxygen atoms in total. The summed E-state index contributed by atoms with van der Waals surface area (Å²) in [6, 6.07) is 18.0. The quantitative estimate of drug-likeness (QED) is 0.323. The first-order chi connectivity index (χ1) is 18.0. The molecule has 0 atom stereocenters. The fraction of sp³-hybridized carbons (Fsp3) is 0.222. The number of para-hydroxylation sites is 1. The average molecular weight is 562 g/mol. The standard InChI is InChI=1S/C27H23ClF3N3O3S/c28-20-8-10-22(11-9-20)38(36,37)25-17-34(24-7-2-1-6-23(24)25)18-26(35)33-14-12-32(13-15-33)21-5-3-4-19(16-21)27(29,30)31/h1-11,16-17H,12-15,18H2. The Hall–Kier alpha value is -3.50. The molecule has 0 unspecified atom stereocenters. The molecule has 0 N–H and O–H groups in total. The van der Waals surface area contributed by atoms with Gasteiger partial charge in [0.1, 0.15) is 6.54 Å². The molecule has 38 heavy (non-hydrogen) atoms. The van der Waals surface area contributed by atoms with Gasteiger partial charge in [-0.1, -0.05) is 35.9 Å². The first-order valence-electron chi connectivity index (χ1n) is 11.8. The fourth-order valence-corrected chi connectivity index (χ4v) is 6.24. The van der Waals surface area contributed by atoms with Gasteiger partial charge in [0.15, 0.2) is 0 Å². The maximum atomic E-state index is 13.4. The predicted octanol–water partition coefficient (Wildman–Crippen LogP) is 5.50. The average Bonchev–Trinajstić information content (AvgIpc) is 3.28. The molecule has 1 amide bonds. The summed E-state index contributed by atoms with van der Waals surface area (Å²) in [5.41, 5.74) is 0.355. The van der Waals surface area contributed by atoms with Gasteiger partial charge in [-0.05, 0) is 48.5 Å². The lowest BCUT2D eigenvalue weighted by Crippen LogP contribution is -2.49. The second kappa shape index (κ2) is 9.99. The maximum Gasteiger partial charge on any atom is 0.416 e. The summed E-state index contributed by atoms with van der Waals surface area (Å²) in [6.45, 7) is 1.37. The van der Waals surface area contributed by atoms with E-state index in [9.17, 15) is 26.4 Å². The van der Waals surface area contributed by atoms with Gasteiger partial charge in [0.2, 0.25) is 15.7 Å². The molecule has 2 heterocycles. The number of hydrogen-bond donors (Lipinski definition) is 0. The van der Waals surface area contributed by atoms with Crippen LogP contribution >= 0.6 is 11.6 Å². The number of anilines is 1. The molecular weight excluding hydrogens is 539 g/mol. The topological polar surface area (TPSA) is 62.6 Å². The second-order valence-electron chi connectivity index (χ2n) is 9.01. The van der Waals surface area contributed by atoms with Gasteiger partial charge in [0.05, 0.1) is 15.4 Å². The number of carbonyl (C=O) groups excluding carboxylic acids is 1. The smallest absolute Gasteiger partial charge is 0.368 e. The van der Waals surface area contributed by atoms with E-state index in [4.69, 9.17) is 11.6 Å². The number of rotatable bonds is 5. The first kappa shape index (κ1) is 26.1. The van der Waals surface area contributed by atoms with Gasteiger partial charge in [-0.3, -0.25) is 4.79 Å². The van der Waals surface area contributed by atoms with Crippen LogP contribution in [0.4, 0.5) is 18.9 Å². The summed E-state index contributed by atoms with van der Waals surface area (Å²) in [4.78, 5) is 16.8. The lowest BCUT2D eigenvalue weighted by molar-refractivity contribution is -0.137. The highest BCUT2D eigenvalue weighted by Gasteiger charge is 2.31. The third kappa shape index (κ3) is 5.10. The van der Waals surface area contributed by atoms with Crippen LogP contribution in [0.3, 0.4) is 0 Å².